The lowest BCUT2D eigenvalue weighted by Gasteiger charge is -2.24. The number of carbonyl (C=O) groups excluding carboxylic acids is 2. The van der Waals surface area contributed by atoms with Crippen LogP contribution in [0.4, 0.5) is 10.5 Å². The van der Waals surface area contributed by atoms with Crippen LogP contribution in [0.2, 0.25) is 0 Å². The van der Waals surface area contributed by atoms with Crippen molar-refractivity contribution in [2.24, 2.45) is 0 Å². The van der Waals surface area contributed by atoms with Crippen molar-refractivity contribution in [1.29, 1.82) is 0 Å². The average molecular weight is 355 g/mol. The van der Waals surface area contributed by atoms with Crippen LogP contribution in [0.5, 0.6) is 0 Å². The molecule has 0 aliphatic heterocycles. The van der Waals surface area contributed by atoms with E-state index in [4.69, 9.17) is 4.74 Å². The van der Waals surface area contributed by atoms with Gasteiger partial charge in [-0.25, -0.2) is 18.0 Å². The molecule has 1 aromatic rings. The zero-order valence-electron chi connectivity index (χ0n) is 13.6. The van der Waals surface area contributed by atoms with Crippen molar-refractivity contribution in [2.45, 2.75) is 18.9 Å². The van der Waals surface area contributed by atoms with Gasteiger partial charge in [0.15, 0.2) is 0 Å². The Hall–Kier alpha value is -2.29. The number of hydrogen-bond acceptors (Lipinski definition) is 5. The fraction of sp³-hybridized carbons (Fsp3) is 0.467. The molecular weight excluding hydrogens is 334 g/mol. The highest BCUT2D eigenvalue weighted by atomic mass is 32.2. The van der Waals surface area contributed by atoms with E-state index in [0.29, 0.717) is 0 Å². The predicted molar refractivity (Wildman–Crippen MR) is 89.5 cm³/mol. The number of esters is 1. The Bertz CT molecular complexity index is 716. The molecule has 8 nitrogen and oxygen atoms in total. The summed E-state index contributed by atoms with van der Waals surface area (Å²) < 4.78 is 30.0. The summed E-state index contributed by atoms with van der Waals surface area (Å²) in [6, 6.07) is 6.16. The van der Waals surface area contributed by atoms with Crippen LogP contribution < -0.4 is 14.9 Å². The molecular formula is C15H21N3O5S. The smallest absolute Gasteiger partial charge is 0.340 e. The number of hydrogen-bond donors (Lipinski definition) is 2. The molecule has 2 rings (SSSR count). The summed E-state index contributed by atoms with van der Waals surface area (Å²) >= 11 is 0. The van der Waals surface area contributed by atoms with Gasteiger partial charge >= 0.3 is 12.0 Å². The normalized spacial score (nSPS) is 13.9. The van der Waals surface area contributed by atoms with E-state index in [1.807, 2.05) is 0 Å². The predicted octanol–water partition coefficient (Wildman–Crippen LogP) is 0.701. The van der Waals surface area contributed by atoms with Crippen LogP contribution in [0, 0.1) is 0 Å². The third-order valence-corrected chi connectivity index (χ3v) is 4.67. The first-order valence-corrected chi connectivity index (χ1v) is 9.37. The van der Waals surface area contributed by atoms with Crippen LogP contribution in [-0.2, 0) is 14.8 Å². The molecule has 0 radical (unpaired) electrons. The number of urea groups is 1. The minimum atomic E-state index is -3.64. The van der Waals surface area contributed by atoms with Crippen LogP contribution in [0.15, 0.2) is 24.3 Å². The van der Waals surface area contributed by atoms with Gasteiger partial charge in [0.25, 0.3) is 0 Å². The van der Waals surface area contributed by atoms with Crippen molar-refractivity contribution >= 4 is 27.7 Å². The lowest BCUT2D eigenvalue weighted by molar-refractivity contribution is 0.0601. The second-order valence-electron chi connectivity index (χ2n) is 5.52. The molecule has 2 N–H and O–H groups in total. The molecule has 0 saturated heterocycles. The first kappa shape index (κ1) is 18.1. The standard InChI is InChI=1S/C15H21N3O5S/c1-23-14(19)12-5-3-4-6-13(12)18(24(2,21)22)10-9-16-15(20)17-11-7-8-11/h3-6,11H,7-10H2,1-2H3,(H2,16,17,20). The van der Waals surface area contributed by atoms with E-state index in [1.54, 1.807) is 12.1 Å². The molecule has 0 bridgehead atoms. The van der Waals surface area contributed by atoms with E-state index < -0.39 is 16.0 Å². The minimum absolute atomic E-state index is 0.00489. The maximum Gasteiger partial charge on any atom is 0.340 e. The number of ether oxygens (including phenoxy) is 1. The first-order valence-electron chi connectivity index (χ1n) is 7.52. The number of benzene rings is 1. The Balaban J connectivity index is 2.11. The zero-order chi connectivity index (χ0) is 17.7. The van der Waals surface area contributed by atoms with Crippen molar-refractivity contribution in [1.82, 2.24) is 10.6 Å². The number of amides is 2. The van der Waals surface area contributed by atoms with Crippen molar-refractivity contribution in [2.75, 3.05) is 30.8 Å². The molecule has 0 aromatic heterocycles. The molecule has 0 heterocycles. The molecule has 2 amide bonds. The summed E-state index contributed by atoms with van der Waals surface area (Å²) in [4.78, 5) is 23.5. The molecule has 9 heteroatoms. The third-order valence-electron chi connectivity index (χ3n) is 3.49. The first-order chi connectivity index (χ1) is 11.3. The fourth-order valence-corrected chi connectivity index (χ4v) is 3.11. The van der Waals surface area contributed by atoms with Crippen LogP contribution in [-0.4, -0.2) is 52.9 Å². The van der Waals surface area contributed by atoms with Gasteiger partial charge in [-0.2, -0.15) is 0 Å². The molecule has 1 aliphatic carbocycles. The summed E-state index contributed by atoms with van der Waals surface area (Å²) in [6.07, 6.45) is 2.98. The Labute approximate surface area is 141 Å². The van der Waals surface area contributed by atoms with Crippen LogP contribution in [0.3, 0.4) is 0 Å². The quantitative estimate of drug-likeness (QED) is 0.701. The maximum absolute atomic E-state index is 12.1. The minimum Gasteiger partial charge on any atom is -0.465 e. The van der Waals surface area contributed by atoms with Gasteiger partial charge in [0.05, 0.1) is 31.2 Å². The number of nitrogens with zero attached hydrogens (tertiary/aromatic N) is 1. The van der Waals surface area contributed by atoms with Crippen molar-refractivity contribution in [3.63, 3.8) is 0 Å². The molecule has 24 heavy (non-hydrogen) atoms. The second kappa shape index (κ2) is 7.52. The summed E-state index contributed by atoms with van der Waals surface area (Å²) in [5.74, 6) is -0.626. The van der Waals surface area contributed by atoms with Crippen molar-refractivity contribution in [3.8, 4) is 0 Å². The molecule has 132 valence electrons. The molecule has 1 aromatic carbocycles. The SMILES string of the molecule is COC(=O)c1ccccc1N(CCNC(=O)NC1CC1)S(C)(=O)=O. The highest BCUT2D eigenvalue weighted by molar-refractivity contribution is 7.92. The number of para-hydroxylation sites is 1. The molecule has 0 atom stereocenters. The van der Waals surface area contributed by atoms with E-state index >= 15 is 0 Å². The third kappa shape index (κ3) is 4.85. The van der Waals surface area contributed by atoms with Gasteiger partial charge in [-0.1, -0.05) is 12.1 Å². The topological polar surface area (TPSA) is 105 Å². The maximum atomic E-state index is 12.1. The lowest BCUT2D eigenvalue weighted by Crippen LogP contribution is -2.43. The Morgan fingerprint density at radius 3 is 2.54 bits per heavy atom. The van der Waals surface area contributed by atoms with E-state index in [2.05, 4.69) is 10.6 Å². The fourth-order valence-electron chi connectivity index (χ4n) is 2.17. The number of anilines is 1. The highest BCUT2D eigenvalue weighted by Gasteiger charge is 2.25. The summed E-state index contributed by atoms with van der Waals surface area (Å²) in [7, 11) is -2.41. The Morgan fingerprint density at radius 2 is 1.96 bits per heavy atom. The van der Waals surface area contributed by atoms with Gasteiger partial charge in [0, 0.05) is 12.6 Å². The second-order valence-corrected chi connectivity index (χ2v) is 7.43. The monoisotopic (exact) mass is 355 g/mol. The number of sulfonamides is 1. The van der Waals surface area contributed by atoms with Crippen LogP contribution >= 0.6 is 0 Å². The van der Waals surface area contributed by atoms with E-state index in [1.165, 1.54) is 19.2 Å². The number of rotatable bonds is 7. The Morgan fingerprint density at radius 1 is 1.29 bits per heavy atom. The Kier molecular flexibility index (Phi) is 5.66. The summed E-state index contributed by atoms with van der Waals surface area (Å²) in [6.45, 7) is 0.117. The van der Waals surface area contributed by atoms with E-state index in [0.717, 1.165) is 23.4 Å². The largest absolute Gasteiger partial charge is 0.465 e. The number of carbonyl (C=O) groups is 2. The van der Waals surface area contributed by atoms with Gasteiger partial charge in [-0.3, -0.25) is 4.31 Å². The van der Waals surface area contributed by atoms with Gasteiger partial charge in [-0.05, 0) is 25.0 Å². The zero-order valence-corrected chi connectivity index (χ0v) is 14.4. The number of nitrogens with one attached hydrogen (secondary N) is 2. The van der Waals surface area contributed by atoms with Gasteiger partial charge in [0.1, 0.15) is 0 Å². The van der Waals surface area contributed by atoms with Gasteiger partial charge in [0.2, 0.25) is 10.0 Å². The van der Waals surface area contributed by atoms with Crippen molar-refractivity contribution in [3.05, 3.63) is 29.8 Å². The van der Waals surface area contributed by atoms with Crippen molar-refractivity contribution < 1.29 is 22.7 Å². The summed E-state index contributed by atoms with van der Waals surface area (Å²) in [5, 5.41) is 5.37. The average Bonchev–Trinajstić information content (AvgIpc) is 3.33. The molecule has 0 spiro atoms. The number of methoxy groups -OCH3 is 1. The molecule has 1 fully saturated rings. The van der Waals surface area contributed by atoms with Gasteiger partial charge in [-0.15, -0.1) is 0 Å². The molecule has 1 aliphatic rings. The van der Waals surface area contributed by atoms with E-state index in [9.17, 15) is 18.0 Å². The lowest BCUT2D eigenvalue weighted by atomic mass is 10.2. The van der Waals surface area contributed by atoms with E-state index in [-0.39, 0.29) is 36.4 Å². The summed E-state index contributed by atoms with van der Waals surface area (Å²) in [5.41, 5.74) is 0.365. The molecule has 0 unspecified atom stereocenters. The van der Waals surface area contributed by atoms with Gasteiger partial charge < -0.3 is 15.4 Å². The highest BCUT2D eigenvalue weighted by Crippen LogP contribution is 2.23. The van der Waals surface area contributed by atoms with Crippen LogP contribution in [0.1, 0.15) is 23.2 Å². The molecule has 1 saturated carbocycles. The van der Waals surface area contributed by atoms with Crippen LogP contribution in [0.25, 0.3) is 0 Å².